The molecule has 2 N–H and O–H groups in total. The van der Waals surface area contributed by atoms with Crippen molar-refractivity contribution >= 4 is 5.69 Å². The molecule has 0 aliphatic carbocycles. The molecule has 1 aliphatic rings. The fourth-order valence-electron chi connectivity index (χ4n) is 1.85. The van der Waals surface area contributed by atoms with E-state index in [9.17, 15) is 8.78 Å². The molecule has 0 fully saturated rings. The van der Waals surface area contributed by atoms with Crippen LogP contribution in [0.15, 0.2) is 30.3 Å². The smallest absolute Gasteiger partial charge is 0.168 e. The van der Waals surface area contributed by atoms with Gasteiger partial charge < -0.3 is 19.9 Å². The van der Waals surface area contributed by atoms with Crippen LogP contribution in [-0.2, 0) is 0 Å². The van der Waals surface area contributed by atoms with Crippen molar-refractivity contribution in [1.82, 2.24) is 0 Å². The third-order valence-electron chi connectivity index (χ3n) is 2.79. The zero-order valence-corrected chi connectivity index (χ0v) is 10.4. The standard InChI is InChI=1S/C14H11F2NO3/c15-8-1-2-11(9(16)5-8)20-12-7-14-13(6-10(12)17)18-3-4-19-14/h1-2,5-7H,3-4,17H2. The van der Waals surface area contributed by atoms with Crippen LogP contribution in [0.3, 0.4) is 0 Å². The number of ether oxygens (including phenoxy) is 3. The van der Waals surface area contributed by atoms with Gasteiger partial charge in [0.1, 0.15) is 19.0 Å². The Hall–Kier alpha value is -2.50. The quantitative estimate of drug-likeness (QED) is 0.858. The molecular weight excluding hydrogens is 268 g/mol. The van der Waals surface area contributed by atoms with Crippen LogP contribution in [0.2, 0.25) is 0 Å². The van der Waals surface area contributed by atoms with Crippen LogP contribution in [0.4, 0.5) is 14.5 Å². The van der Waals surface area contributed by atoms with Crippen molar-refractivity contribution in [1.29, 1.82) is 0 Å². The maximum Gasteiger partial charge on any atom is 0.168 e. The summed E-state index contributed by atoms with van der Waals surface area (Å²) in [4.78, 5) is 0. The molecule has 3 rings (SSSR count). The Bertz CT molecular complexity index is 661. The van der Waals surface area contributed by atoms with E-state index in [0.717, 1.165) is 12.1 Å². The van der Waals surface area contributed by atoms with Crippen LogP contribution in [0, 0.1) is 11.6 Å². The van der Waals surface area contributed by atoms with Gasteiger partial charge in [0, 0.05) is 18.2 Å². The predicted octanol–water partition coefficient (Wildman–Crippen LogP) is 3.11. The van der Waals surface area contributed by atoms with E-state index < -0.39 is 11.6 Å². The van der Waals surface area contributed by atoms with E-state index in [1.54, 1.807) is 6.07 Å². The first-order chi connectivity index (χ1) is 9.63. The summed E-state index contributed by atoms with van der Waals surface area (Å²) < 4.78 is 42.5. The third kappa shape index (κ3) is 2.32. The summed E-state index contributed by atoms with van der Waals surface area (Å²) in [6, 6.07) is 6.11. The largest absolute Gasteiger partial charge is 0.486 e. The van der Waals surface area contributed by atoms with Crippen molar-refractivity contribution in [3.63, 3.8) is 0 Å². The molecule has 104 valence electrons. The molecule has 0 saturated heterocycles. The highest BCUT2D eigenvalue weighted by atomic mass is 19.1. The number of anilines is 1. The molecule has 2 aromatic carbocycles. The number of halogens is 2. The van der Waals surface area contributed by atoms with E-state index in [2.05, 4.69) is 0 Å². The lowest BCUT2D eigenvalue weighted by Gasteiger charge is -2.20. The maximum absolute atomic E-state index is 13.5. The minimum Gasteiger partial charge on any atom is -0.486 e. The van der Waals surface area contributed by atoms with Gasteiger partial charge >= 0.3 is 0 Å². The Morgan fingerprint density at radius 1 is 0.950 bits per heavy atom. The van der Waals surface area contributed by atoms with Gasteiger partial charge in [-0.1, -0.05) is 0 Å². The SMILES string of the molecule is Nc1cc2c(cc1Oc1ccc(F)cc1F)OCCO2. The number of nitrogen functional groups attached to an aromatic ring is 1. The average molecular weight is 279 g/mol. The first-order valence-electron chi connectivity index (χ1n) is 5.95. The maximum atomic E-state index is 13.5. The molecule has 6 heteroatoms. The van der Waals surface area contributed by atoms with Gasteiger partial charge in [-0.3, -0.25) is 0 Å². The van der Waals surface area contributed by atoms with Crippen molar-refractivity contribution in [2.75, 3.05) is 18.9 Å². The Labute approximate surface area is 113 Å². The predicted molar refractivity (Wildman–Crippen MR) is 68.3 cm³/mol. The van der Waals surface area contributed by atoms with E-state index in [1.165, 1.54) is 12.1 Å². The average Bonchev–Trinajstić information content (AvgIpc) is 2.42. The Morgan fingerprint density at radius 3 is 2.35 bits per heavy atom. The van der Waals surface area contributed by atoms with Gasteiger partial charge in [0.05, 0.1) is 5.69 Å². The van der Waals surface area contributed by atoms with E-state index in [4.69, 9.17) is 19.9 Å². The zero-order valence-electron chi connectivity index (χ0n) is 10.4. The minimum absolute atomic E-state index is 0.116. The molecule has 4 nitrogen and oxygen atoms in total. The topological polar surface area (TPSA) is 53.7 Å². The first kappa shape index (κ1) is 12.5. The fourth-order valence-corrected chi connectivity index (χ4v) is 1.85. The van der Waals surface area contributed by atoms with E-state index >= 15 is 0 Å². The number of nitrogens with two attached hydrogens (primary N) is 1. The molecular formula is C14H11F2NO3. The molecule has 1 heterocycles. The van der Waals surface area contributed by atoms with Crippen LogP contribution in [0.25, 0.3) is 0 Å². The Balaban J connectivity index is 1.94. The second-order valence-electron chi connectivity index (χ2n) is 4.21. The van der Waals surface area contributed by atoms with Crippen molar-refractivity contribution in [2.24, 2.45) is 0 Å². The molecule has 0 spiro atoms. The summed E-state index contributed by atoms with van der Waals surface area (Å²) in [6.45, 7) is 0.862. The summed E-state index contributed by atoms with van der Waals surface area (Å²) in [5, 5.41) is 0. The molecule has 0 aromatic heterocycles. The third-order valence-corrected chi connectivity index (χ3v) is 2.79. The number of fused-ring (bicyclic) bond motifs is 1. The molecule has 0 atom stereocenters. The Kier molecular flexibility index (Phi) is 3.06. The lowest BCUT2D eigenvalue weighted by molar-refractivity contribution is 0.171. The monoisotopic (exact) mass is 279 g/mol. The molecule has 0 amide bonds. The lowest BCUT2D eigenvalue weighted by atomic mass is 10.2. The number of benzene rings is 2. The molecule has 0 radical (unpaired) electrons. The van der Waals surface area contributed by atoms with E-state index in [0.29, 0.717) is 24.7 Å². The highest BCUT2D eigenvalue weighted by Crippen LogP contribution is 2.40. The second-order valence-corrected chi connectivity index (χ2v) is 4.21. The first-order valence-corrected chi connectivity index (χ1v) is 5.95. The van der Waals surface area contributed by atoms with Crippen LogP contribution in [0.1, 0.15) is 0 Å². The molecule has 0 saturated carbocycles. The molecule has 0 unspecified atom stereocenters. The normalized spacial score (nSPS) is 13.1. The van der Waals surface area contributed by atoms with Crippen molar-refractivity contribution in [3.8, 4) is 23.0 Å². The fraction of sp³-hybridized carbons (Fsp3) is 0.143. The summed E-state index contributed by atoms with van der Waals surface area (Å²) in [5.41, 5.74) is 6.09. The zero-order chi connectivity index (χ0) is 14.1. The van der Waals surface area contributed by atoms with Gasteiger partial charge in [-0.2, -0.15) is 0 Å². The second kappa shape index (κ2) is 4.88. The summed E-state index contributed by atoms with van der Waals surface area (Å²) in [5.74, 6) is -0.387. The van der Waals surface area contributed by atoms with E-state index in [-0.39, 0.29) is 17.2 Å². The molecule has 2 aromatic rings. The summed E-state index contributed by atoms with van der Waals surface area (Å²) in [6.07, 6.45) is 0. The highest BCUT2D eigenvalue weighted by molar-refractivity contribution is 5.63. The van der Waals surface area contributed by atoms with Gasteiger partial charge in [-0.15, -0.1) is 0 Å². The summed E-state index contributed by atoms with van der Waals surface area (Å²) in [7, 11) is 0. The van der Waals surface area contributed by atoms with Crippen LogP contribution in [-0.4, -0.2) is 13.2 Å². The van der Waals surface area contributed by atoms with Crippen molar-refractivity contribution in [2.45, 2.75) is 0 Å². The molecule has 1 aliphatic heterocycles. The number of rotatable bonds is 2. The van der Waals surface area contributed by atoms with E-state index in [1.807, 2.05) is 0 Å². The number of hydrogen-bond donors (Lipinski definition) is 1. The molecule has 0 bridgehead atoms. The highest BCUT2D eigenvalue weighted by Gasteiger charge is 2.17. The van der Waals surface area contributed by atoms with Crippen molar-refractivity contribution < 1.29 is 23.0 Å². The van der Waals surface area contributed by atoms with Crippen molar-refractivity contribution in [3.05, 3.63) is 42.0 Å². The van der Waals surface area contributed by atoms with Gasteiger partial charge in [-0.05, 0) is 12.1 Å². The van der Waals surface area contributed by atoms with Gasteiger partial charge in [0.25, 0.3) is 0 Å². The van der Waals surface area contributed by atoms with Crippen LogP contribution < -0.4 is 19.9 Å². The van der Waals surface area contributed by atoms with Gasteiger partial charge in [0.2, 0.25) is 0 Å². The van der Waals surface area contributed by atoms with Gasteiger partial charge in [0.15, 0.2) is 28.8 Å². The minimum atomic E-state index is -0.806. The van der Waals surface area contributed by atoms with Gasteiger partial charge in [-0.25, -0.2) is 8.78 Å². The molecule has 20 heavy (non-hydrogen) atoms. The van der Waals surface area contributed by atoms with Crippen LogP contribution in [0.5, 0.6) is 23.0 Å². The Morgan fingerprint density at radius 2 is 1.65 bits per heavy atom. The van der Waals surface area contributed by atoms with Crippen LogP contribution >= 0.6 is 0 Å². The number of hydrogen-bond acceptors (Lipinski definition) is 4. The lowest BCUT2D eigenvalue weighted by Crippen LogP contribution is -2.15. The summed E-state index contributed by atoms with van der Waals surface area (Å²) >= 11 is 0.